The lowest BCUT2D eigenvalue weighted by Gasteiger charge is -2.42. The maximum absolute atomic E-state index is 13.7. The number of carbonyl (C=O) groups excluding carboxylic acids is 2. The van der Waals surface area contributed by atoms with E-state index in [-0.39, 0.29) is 6.09 Å². The first-order chi connectivity index (χ1) is 18.8. The molecule has 0 spiro atoms. The number of piperazine rings is 1. The van der Waals surface area contributed by atoms with Gasteiger partial charge in [0, 0.05) is 38.1 Å². The third kappa shape index (κ3) is 6.87. The highest BCUT2D eigenvalue weighted by Gasteiger charge is 2.41. The summed E-state index contributed by atoms with van der Waals surface area (Å²) < 4.78 is 11.4. The molecule has 2 aliphatic rings. The number of rotatable bonds is 3. The van der Waals surface area contributed by atoms with Gasteiger partial charge in [0.2, 0.25) is 0 Å². The average Bonchev–Trinajstić information content (AvgIpc) is 2.82. The van der Waals surface area contributed by atoms with E-state index < -0.39 is 28.3 Å². The summed E-state index contributed by atoms with van der Waals surface area (Å²) in [6.45, 7) is 22.5. The van der Waals surface area contributed by atoms with Crippen LogP contribution in [0.4, 0.5) is 21.0 Å². The Morgan fingerprint density at radius 3 is 1.93 bits per heavy atom. The highest BCUT2D eigenvalue weighted by atomic mass is 16.6. The minimum Gasteiger partial charge on any atom is -0.444 e. The largest absolute Gasteiger partial charge is 0.444 e. The van der Waals surface area contributed by atoms with E-state index in [2.05, 4.69) is 30.9 Å². The number of hydrogen-bond donors (Lipinski definition) is 1. The second kappa shape index (κ2) is 10.6. The molecule has 2 aliphatic heterocycles. The lowest BCUT2D eigenvalue weighted by molar-refractivity contribution is 0.0138. The minimum atomic E-state index is -1.06. The number of ether oxygens (including phenoxy) is 2. The van der Waals surface area contributed by atoms with Crippen LogP contribution in [0.15, 0.2) is 36.4 Å². The van der Waals surface area contributed by atoms with Gasteiger partial charge in [-0.05, 0) is 89.8 Å². The van der Waals surface area contributed by atoms with Gasteiger partial charge in [0.05, 0.1) is 17.0 Å². The van der Waals surface area contributed by atoms with Crippen LogP contribution in [-0.2, 0) is 27.0 Å². The molecule has 0 aliphatic carbocycles. The predicted molar refractivity (Wildman–Crippen MR) is 162 cm³/mol. The van der Waals surface area contributed by atoms with Crippen LogP contribution in [0.5, 0.6) is 0 Å². The summed E-state index contributed by atoms with van der Waals surface area (Å²) in [4.78, 5) is 31.9. The number of fused-ring (bicyclic) bond motifs is 2. The normalized spacial score (nSPS) is 17.5. The zero-order valence-electron chi connectivity index (χ0n) is 26.4. The average molecular weight is 566 g/mol. The fourth-order valence-electron chi connectivity index (χ4n) is 5.46. The molecule has 41 heavy (non-hydrogen) atoms. The second-order valence-corrected chi connectivity index (χ2v) is 14.3. The van der Waals surface area contributed by atoms with E-state index in [0.29, 0.717) is 13.1 Å². The van der Waals surface area contributed by atoms with E-state index >= 15 is 0 Å². The molecule has 1 N–H and O–H groups in total. The van der Waals surface area contributed by atoms with Crippen molar-refractivity contribution in [1.29, 1.82) is 0 Å². The predicted octanol–water partition coefficient (Wildman–Crippen LogP) is 6.68. The first kappa shape index (κ1) is 30.8. The van der Waals surface area contributed by atoms with Gasteiger partial charge in [0.25, 0.3) is 0 Å². The quantitative estimate of drug-likeness (QED) is 0.447. The van der Waals surface area contributed by atoms with E-state index in [4.69, 9.17) is 9.47 Å². The minimum absolute atomic E-state index is 0.263. The Morgan fingerprint density at radius 2 is 1.37 bits per heavy atom. The van der Waals surface area contributed by atoms with Crippen LogP contribution in [0.2, 0.25) is 0 Å². The van der Waals surface area contributed by atoms with E-state index in [1.54, 1.807) is 23.6 Å². The highest BCUT2D eigenvalue weighted by Crippen LogP contribution is 2.50. The molecule has 2 heterocycles. The number of nitrogens with zero attached hydrogens (tertiary/aromatic N) is 3. The van der Waals surface area contributed by atoms with E-state index in [1.165, 1.54) is 0 Å². The van der Waals surface area contributed by atoms with Crippen molar-refractivity contribution < 1.29 is 24.2 Å². The summed E-state index contributed by atoms with van der Waals surface area (Å²) in [5.41, 5.74) is 2.78. The molecule has 2 aromatic carbocycles. The lowest BCUT2D eigenvalue weighted by atomic mass is 9.72. The fraction of sp³-hybridized carbons (Fsp3) is 0.576. The molecule has 0 atom stereocenters. The van der Waals surface area contributed by atoms with Gasteiger partial charge >= 0.3 is 12.2 Å². The molecule has 2 aromatic rings. The summed E-state index contributed by atoms with van der Waals surface area (Å²) >= 11 is 0. The maximum Gasteiger partial charge on any atom is 0.419 e. The Morgan fingerprint density at radius 1 is 0.780 bits per heavy atom. The molecule has 0 saturated carbocycles. The number of aliphatic hydroxyl groups is 1. The number of carbonyl (C=O) groups is 2. The molecule has 1 fully saturated rings. The van der Waals surface area contributed by atoms with Crippen molar-refractivity contribution in [3.63, 3.8) is 0 Å². The van der Waals surface area contributed by atoms with Crippen molar-refractivity contribution in [3.05, 3.63) is 58.7 Å². The molecule has 8 heteroatoms. The molecule has 0 aromatic heterocycles. The Bertz CT molecular complexity index is 1310. The first-order valence-electron chi connectivity index (χ1n) is 14.5. The molecule has 4 rings (SSSR count). The zero-order valence-corrected chi connectivity index (χ0v) is 26.4. The van der Waals surface area contributed by atoms with Crippen LogP contribution in [0.3, 0.4) is 0 Å². The second-order valence-electron chi connectivity index (χ2n) is 14.3. The third-order valence-electron chi connectivity index (χ3n) is 7.60. The van der Waals surface area contributed by atoms with Gasteiger partial charge in [0.1, 0.15) is 11.2 Å². The molecule has 0 radical (unpaired) electrons. The monoisotopic (exact) mass is 565 g/mol. The highest BCUT2D eigenvalue weighted by molar-refractivity contribution is 6.00. The lowest BCUT2D eigenvalue weighted by Crippen LogP contribution is -2.49. The summed E-state index contributed by atoms with van der Waals surface area (Å²) in [6, 6.07) is 12.1. The van der Waals surface area contributed by atoms with Crippen molar-refractivity contribution in [1.82, 2.24) is 9.80 Å². The van der Waals surface area contributed by atoms with Crippen LogP contribution in [0, 0.1) is 0 Å². The Hall–Kier alpha value is -3.10. The van der Waals surface area contributed by atoms with Gasteiger partial charge in [0.15, 0.2) is 0 Å². The van der Waals surface area contributed by atoms with Gasteiger partial charge in [-0.3, -0.25) is 4.90 Å². The smallest absolute Gasteiger partial charge is 0.419 e. The van der Waals surface area contributed by atoms with Gasteiger partial charge in [-0.15, -0.1) is 0 Å². The van der Waals surface area contributed by atoms with Crippen LogP contribution in [0.25, 0.3) is 0 Å². The van der Waals surface area contributed by atoms with Crippen molar-refractivity contribution in [2.45, 2.75) is 98.0 Å². The molecule has 0 unspecified atom stereocenters. The number of amides is 2. The molecule has 2 amide bonds. The zero-order chi connectivity index (χ0) is 30.5. The third-order valence-corrected chi connectivity index (χ3v) is 7.60. The molecule has 1 saturated heterocycles. The van der Waals surface area contributed by atoms with Gasteiger partial charge in [-0.2, -0.15) is 0 Å². The SMILES string of the molecule is CC(C)(C)OC(=O)N1CCN(Cc2ccc3c(c2)C(C)(C)c2ccc(C(C)(C)O)cc2N3C(=O)OC(C)(C)C)CC1. The van der Waals surface area contributed by atoms with Crippen molar-refractivity contribution in [3.8, 4) is 0 Å². The van der Waals surface area contributed by atoms with Crippen LogP contribution in [-0.4, -0.2) is 64.5 Å². The van der Waals surface area contributed by atoms with Crippen LogP contribution >= 0.6 is 0 Å². The van der Waals surface area contributed by atoms with E-state index in [1.807, 2.05) is 65.8 Å². The van der Waals surface area contributed by atoms with Gasteiger partial charge in [-0.25, -0.2) is 14.5 Å². The number of anilines is 2. The Labute approximate surface area is 245 Å². The Kier molecular flexibility index (Phi) is 8.00. The van der Waals surface area contributed by atoms with Gasteiger partial charge in [-0.1, -0.05) is 38.1 Å². The summed E-state index contributed by atoms with van der Waals surface area (Å²) in [6.07, 6.45) is -0.712. The summed E-state index contributed by atoms with van der Waals surface area (Å²) in [7, 11) is 0. The molecular weight excluding hydrogens is 518 g/mol. The molecule has 0 bridgehead atoms. The van der Waals surface area contributed by atoms with Crippen LogP contribution < -0.4 is 4.90 Å². The summed E-state index contributed by atoms with van der Waals surface area (Å²) in [5.74, 6) is 0. The molecule has 224 valence electrons. The van der Waals surface area contributed by atoms with Crippen molar-refractivity contribution in [2.24, 2.45) is 0 Å². The standard InChI is InChI=1S/C33H47N3O5/c1-30(2,3)40-28(37)35-17-15-34(16-18-35)21-22-11-14-26-25(19-22)32(7,8)24-13-12-23(33(9,10)39)20-27(24)36(26)29(38)41-31(4,5)6/h11-14,19-20,39H,15-18,21H2,1-10H3. The van der Waals surface area contributed by atoms with Gasteiger partial charge < -0.3 is 19.5 Å². The molecule has 8 nitrogen and oxygen atoms in total. The Balaban J connectivity index is 1.64. The first-order valence-corrected chi connectivity index (χ1v) is 14.5. The topological polar surface area (TPSA) is 82.6 Å². The van der Waals surface area contributed by atoms with Crippen LogP contribution in [0.1, 0.15) is 91.5 Å². The summed E-state index contributed by atoms with van der Waals surface area (Å²) in [5, 5.41) is 10.7. The maximum atomic E-state index is 13.7. The number of benzene rings is 2. The van der Waals surface area contributed by atoms with E-state index in [9.17, 15) is 14.7 Å². The molecular formula is C33H47N3O5. The van der Waals surface area contributed by atoms with E-state index in [0.717, 1.165) is 53.3 Å². The van der Waals surface area contributed by atoms with Crippen molar-refractivity contribution >= 4 is 23.6 Å². The fourth-order valence-corrected chi connectivity index (χ4v) is 5.46. The van der Waals surface area contributed by atoms with Crippen molar-refractivity contribution in [2.75, 3.05) is 31.1 Å². The number of hydrogen-bond acceptors (Lipinski definition) is 6.